The highest BCUT2D eigenvalue weighted by Crippen LogP contribution is 2.30. The van der Waals surface area contributed by atoms with Gasteiger partial charge in [-0.25, -0.2) is 4.39 Å². The summed E-state index contributed by atoms with van der Waals surface area (Å²) in [6.07, 6.45) is 0.901. The van der Waals surface area contributed by atoms with E-state index in [0.29, 0.717) is 18.6 Å². The maximum Gasteiger partial charge on any atom is 0.123 e. The van der Waals surface area contributed by atoms with Crippen LogP contribution < -0.4 is 4.74 Å². The van der Waals surface area contributed by atoms with Gasteiger partial charge >= 0.3 is 0 Å². The van der Waals surface area contributed by atoms with Gasteiger partial charge in [-0.2, -0.15) is 5.26 Å². The van der Waals surface area contributed by atoms with Gasteiger partial charge in [-0.3, -0.25) is 0 Å². The van der Waals surface area contributed by atoms with E-state index in [2.05, 4.69) is 0 Å². The summed E-state index contributed by atoms with van der Waals surface area (Å²) in [4.78, 5) is 0. The summed E-state index contributed by atoms with van der Waals surface area (Å²) < 4.78 is 18.2. The first-order valence-corrected chi connectivity index (χ1v) is 4.11. The van der Waals surface area contributed by atoms with Gasteiger partial charge in [0.25, 0.3) is 0 Å². The van der Waals surface area contributed by atoms with Crippen molar-refractivity contribution in [2.75, 3.05) is 0 Å². The van der Waals surface area contributed by atoms with Gasteiger partial charge < -0.3 is 4.74 Å². The lowest BCUT2D eigenvalue weighted by molar-refractivity contribution is 0.238. The first-order valence-electron chi connectivity index (χ1n) is 4.11. The van der Waals surface area contributed by atoms with Crippen LogP contribution >= 0.6 is 0 Å². The van der Waals surface area contributed by atoms with Crippen molar-refractivity contribution in [3.63, 3.8) is 0 Å². The van der Waals surface area contributed by atoms with Crippen molar-refractivity contribution in [1.29, 1.82) is 5.26 Å². The molecule has 1 unspecified atom stereocenters. The van der Waals surface area contributed by atoms with E-state index < -0.39 is 0 Å². The number of halogens is 1. The zero-order chi connectivity index (χ0) is 9.26. The van der Waals surface area contributed by atoms with Gasteiger partial charge in [-0.1, -0.05) is 0 Å². The maximum atomic E-state index is 12.8. The molecule has 0 amide bonds. The Morgan fingerprint density at radius 3 is 3.23 bits per heavy atom. The molecule has 0 bridgehead atoms. The Hall–Kier alpha value is -1.56. The topological polar surface area (TPSA) is 33.0 Å². The van der Waals surface area contributed by atoms with Crippen molar-refractivity contribution in [2.24, 2.45) is 0 Å². The summed E-state index contributed by atoms with van der Waals surface area (Å²) in [6, 6.07) is 6.49. The molecule has 1 heterocycles. The highest BCUT2D eigenvalue weighted by Gasteiger charge is 2.22. The van der Waals surface area contributed by atoms with Crippen molar-refractivity contribution in [1.82, 2.24) is 0 Å². The van der Waals surface area contributed by atoms with Crippen LogP contribution in [0.1, 0.15) is 12.0 Å². The van der Waals surface area contributed by atoms with Crippen molar-refractivity contribution < 1.29 is 9.13 Å². The van der Waals surface area contributed by atoms with E-state index in [0.717, 1.165) is 5.56 Å². The highest BCUT2D eigenvalue weighted by molar-refractivity contribution is 5.38. The average molecular weight is 177 g/mol. The number of fused-ring (bicyclic) bond motifs is 1. The first-order chi connectivity index (χ1) is 6.29. The molecule has 2 nitrogen and oxygen atoms in total. The molecule has 0 spiro atoms. The van der Waals surface area contributed by atoms with Crippen molar-refractivity contribution in [3.05, 3.63) is 29.6 Å². The largest absolute Gasteiger partial charge is 0.489 e. The van der Waals surface area contributed by atoms with Crippen LogP contribution in [0.4, 0.5) is 4.39 Å². The van der Waals surface area contributed by atoms with Gasteiger partial charge in [0.05, 0.1) is 12.5 Å². The predicted molar refractivity (Wildman–Crippen MR) is 44.8 cm³/mol. The Kier molecular flexibility index (Phi) is 1.90. The van der Waals surface area contributed by atoms with Gasteiger partial charge in [-0.15, -0.1) is 0 Å². The second kappa shape index (κ2) is 3.06. The van der Waals surface area contributed by atoms with Crippen molar-refractivity contribution in [3.8, 4) is 11.8 Å². The van der Waals surface area contributed by atoms with Crippen LogP contribution in [0.15, 0.2) is 18.2 Å². The molecule has 0 N–H and O–H groups in total. The van der Waals surface area contributed by atoms with Crippen LogP contribution in [-0.2, 0) is 6.42 Å². The molecule has 0 fully saturated rings. The molecule has 0 aromatic heterocycles. The second-order valence-electron chi connectivity index (χ2n) is 3.06. The van der Waals surface area contributed by atoms with Crippen molar-refractivity contribution >= 4 is 0 Å². The van der Waals surface area contributed by atoms with E-state index in [1.807, 2.05) is 6.07 Å². The number of hydrogen-bond donors (Lipinski definition) is 0. The fourth-order valence-corrected chi connectivity index (χ4v) is 1.50. The molecule has 2 rings (SSSR count). The highest BCUT2D eigenvalue weighted by atomic mass is 19.1. The van der Waals surface area contributed by atoms with E-state index in [4.69, 9.17) is 10.00 Å². The lowest BCUT2D eigenvalue weighted by atomic mass is 10.1. The molecule has 0 aliphatic carbocycles. The average Bonchev–Trinajstić information content (AvgIpc) is 2.46. The van der Waals surface area contributed by atoms with Crippen LogP contribution in [0.3, 0.4) is 0 Å². The molecule has 0 saturated carbocycles. The quantitative estimate of drug-likeness (QED) is 0.657. The first kappa shape index (κ1) is 8.06. The third-order valence-corrected chi connectivity index (χ3v) is 2.08. The summed E-state index contributed by atoms with van der Waals surface area (Å²) in [5.41, 5.74) is 0.861. The predicted octanol–water partition coefficient (Wildman–Crippen LogP) is 2.04. The number of rotatable bonds is 1. The third kappa shape index (κ3) is 1.48. The van der Waals surface area contributed by atoms with E-state index in [1.165, 1.54) is 12.1 Å². The van der Waals surface area contributed by atoms with Gasteiger partial charge in [0.15, 0.2) is 0 Å². The fraction of sp³-hybridized carbons (Fsp3) is 0.300. The Balaban J connectivity index is 2.21. The maximum absolute atomic E-state index is 12.8. The molecule has 1 atom stereocenters. The Morgan fingerprint density at radius 1 is 1.62 bits per heavy atom. The fourth-order valence-electron chi connectivity index (χ4n) is 1.50. The summed E-state index contributed by atoms with van der Waals surface area (Å²) in [7, 11) is 0. The molecular weight excluding hydrogens is 169 g/mol. The van der Waals surface area contributed by atoms with Gasteiger partial charge in [-0.05, 0) is 18.2 Å². The summed E-state index contributed by atoms with van der Waals surface area (Å²) in [5, 5.41) is 8.46. The minimum atomic E-state index is -0.250. The summed E-state index contributed by atoms with van der Waals surface area (Å²) in [6.45, 7) is 0. The summed E-state index contributed by atoms with van der Waals surface area (Å²) in [5.74, 6) is 0.460. The smallest absolute Gasteiger partial charge is 0.123 e. The standard InChI is InChI=1S/C10H8FNO/c11-8-1-2-10-7(5-8)6-9(13-10)3-4-12/h1-2,5,9H,3,6H2. The molecule has 0 radical (unpaired) electrons. The third-order valence-electron chi connectivity index (χ3n) is 2.08. The molecule has 1 aromatic rings. The molecule has 3 heteroatoms. The Bertz CT molecular complexity index is 370. The number of nitrogens with zero attached hydrogens (tertiary/aromatic N) is 1. The van der Waals surface area contributed by atoms with E-state index in [9.17, 15) is 4.39 Å². The number of hydrogen-bond acceptors (Lipinski definition) is 2. The number of ether oxygens (including phenoxy) is 1. The van der Waals surface area contributed by atoms with Gasteiger partial charge in [0.2, 0.25) is 0 Å². The molecule has 66 valence electrons. The number of benzene rings is 1. The minimum absolute atomic E-state index is 0.0956. The van der Waals surface area contributed by atoms with E-state index >= 15 is 0 Å². The molecule has 1 aliphatic rings. The second-order valence-corrected chi connectivity index (χ2v) is 3.06. The van der Waals surface area contributed by atoms with Crippen LogP contribution in [0.25, 0.3) is 0 Å². The number of nitriles is 1. The molecular formula is C10H8FNO. The van der Waals surface area contributed by atoms with Gasteiger partial charge in [0, 0.05) is 12.0 Å². The van der Waals surface area contributed by atoms with Crippen molar-refractivity contribution in [2.45, 2.75) is 18.9 Å². The lowest BCUT2D eigenvalue weighted by Gasteiger charge is -2.03. The van der Waals surface area contributed by atoms with Crippen LogP contribution in [0.5, 0.6) is 5.75 Å². The molecule has 1 aliphatic heterocycles. The minimum Gasteiger partial charge on any atom is -0.489 e. The zero-order valence-electron chi connectivity index (χ0n) is 6.96. The Morgan fingerprint density at radius 2 is 2.46 bits per heavy atom. The monoisotopic (exact) mass is 177 g/mol. The zero-order valence-corrected chi connectivity index (χ0v) is 6.96. The normalized spacial score (nSPS) is 18.9. The van der Waals surface area contributed by atoms with Crippen LogP contribution in [-0.4, -0.2) is 6.10 Å². The summed E-state index contributed by atoms with van der Waals surface area (Å²) >= 11 is 0. The Labute approximate surface area is 75.6 Å². The SMILES string of the molecule is N#CCC1Cc2cc(F)ccc2O1. The molecule has 13 heavy (non-hydrogen) atoms. The van der Waals surface area contributed by atoms with E-state index in [-0.39, 0.29) is 11.9 Å². The van der Waals surface area contributed by atoms with Gasteiger partial charge in [0.1, 0.15) is 17.7 Å². The van der Waals surface area contributed by atoms with Crippen LogP contribution in [0.2, 0.25) is 0 Å². The lowest BCUT2D eigenvalue weighted by Crippen LogP contribution is -2.10. The van der Waals surface area contributed by atoms with Crippen LogP contribution in [0, 0.1) is 17.1 Å². The molecule has 0 saturated heterocycles. The van der Waals surface area contributed by atoms with E-state index in [1.54, 1.807) is 6.07 Å². The molecule has 1 aromatic carbocycles.